The molecule has 0 amide bonds. The van der Waals surface area contributed by atoms with Gasteiger partial charge in [-0.15, -0.1) is 0 Å². The van der Waals surface area contributed by atoms with Crippen molar-refractivity contribution in [2.45, 2.75) is 25.9 Å². The van der Waals surface area contributed by atoms with E-state index in [9.17, 15) is 4.79 Å². The predicted molar refractivity (Wildman–Crippen MR) is 45.9 cm³/mol. The summed E-state index contributed by atoms with van der Waals surface area (Å²) in [5.74, 6) is 0.102. The summed E-state index contributed by atoms with van der Waals surface area (Å²) in [6, 6.07) is 0. The second-order valence-electron chi connectivity index (χ2n) is 2.28. The zero-order valence-electron chi connectivity index (χ0n) is 6.62. The van der Waals surface area contributed by atoms with E-state index in [2.05, 4.69) is 6.92 Å². The van der Waals surface area contributed by atoms with Crippen LogP contribution in [0.3, 0.4) is 0 Å². The first kappa shape index (κ1) is 10.8. The minimum atomic E-state index is -1.20. The summed E-state index contributed by atoms with van der Waals surface area (Å²) in [5.41, 5.74) is 0. The molecule has 0 aliphatic heterocycles. The van der Waals surface area contributed by atoms with Gasteiger partial charge in [-0.2, -0.15) is 11.8 Å². The Morgan fingerprint density at radius 3 is 2.73 bits per heavy atom. The lowest BCUT2D eigenvalue weighted by Crippen LogP contribution is -2.22. The first-order chi connectivity index (χ1) is 5.18. The Bertz CT molecular complexity index is 116. The van der Waals surface area contributed by atoms with E-state index < -0.39 is 12.1 Å². The van der Waals surface area contributed by atoms with Crippen LogP contribution >= 0.6 is 11.8 Å². The van der Waals surface area contributed by atoms with Gasteiger partial charge in [0.25, 0.3) is 0 Å². The summed E-state index contributed by atoms with van der Waals surface area (Å²) in [6.45, 7) is 2.08. The number of aliphatic carboxylic acids is 1. The van der Waals surface area contributed by atoms with Gasteiger partial charge in [0.2, 0.25) is 0 Å². The Labute approximate surface area is 70.8 Å². The number of aliphatic hydroxyl groups excluding tert-OH is 1. The molecule has 0 radical (unpaired) electrons. The lowest BCUT2D eigenvalue weighted by Gasteiger charge is -2.03. The summed E-state index contributed by atoms with van der Waals surface area (Å²) in [5, 5.41) is 17.1. The summed E-state index contributed by atoms with van der Waals surface area (Å²) < 4.78 is 0. The molecular weight excluding hydrogens is 164 g/mol. The van der Waals surface area contributed by atoms with Crippen molar-refractivity contribution in [1.29, 1.82) is 0 Å². The third kappa shape index (κ3) is 6.19. The van der Waals surface area contributed by atoms with Gasteiger partial charge in [0, 0.05) is 5.75 Å². The highest BCUT2D eigenvalue weighted by molar-refractivity contribution is 7.99. The normalized spacial score (nSPS) is 12.9. The van der Waals surface area contributed by atoms with E-state index in [1.54, 1.807) is 0 Å². The number of aliphatic hydroxyl groups is 1. The van der Waals surface area contributed by atoms with Crippen LogP contribution in [0.4, 0.5) is 0 Å². The first-order valence-corrected chi connectivity index (χ1v) is 4.82. The van der Waals surface area contributed by atoms with E-state index in [0.717, 1.165) is 18.6 Å². The number of rotatable bonds is 6. The highest BCUT2D eigenvalue weighted by Gasteiger charge is 2.11. The first-order valence-electron chi connectivity index (χ1n) is 3.67. The number of carboxylic acids is 1. The molecule has 0 aromatic carbocycles. The van der Waals surface area contributed by atoms with Gasteiger partial charge in [-0.25, -0.2) is 4.79 Å². The molecular formula is C7H14O3S. The molecule has 2 N–H and O–H groups in total. The molecule has 0 saturated heterocycles. The molecule has 0 heterocycles. The van der Waals surface area contributed by atoms with Crippen LogP contribution in [-0.4, -0.2) is 33.8 Å². The Morgan fingerprint density at radius 1 is 1.64 bits per heavy atom. The van der Waals surface area contributed by atoms with E-state index in [1.807, 2.05) is 0 Å². The minimum absolute atomic E-state index is 0.301. The lowest BCUT2D eigenvalue weighted by molar-refractivity contribution is -0.145. The minimum Gasteiger partial charge on any atom is -0.479 e. The van der Waals surface area contributed by atoms with Gasteiger partial charge < -0.3 is 10.2 Å². The molecule has 11 heavy (non-hydrogen) atoms. The van der Waals surface area contributed by atoms with Gasteiger partial charge in [0.1, 0.15) is 0 Å². The van der Waals surface area contributed by atoms with Crippen LogP contribution in [0, 0.1) is 0 Å². The van der Waals surface area contributed by atoms with E-state index in [-0.39, 0.29) is 0 Å². The second-order valence-corrected chi connectivity index (χ2v) is 3.43. The third-order valence-corrected chi connectivity index (χ3v) is 2.33. The maximum absolute atomic E-state index is 10.1. The molecule has 3 nitrogen and oxygen atoms in total. The Balaban J connectivity index is 3.17. The summed E-state index contributed by atoms with van der Waals surface area (Å²) in [6.07, 6.45) is 0.990. The van der Waals surface area contributed by atoms with Crippen molar-refractivity contribution >= 4 is 17.7 Å². The smallest absolute Gasteiger partial charge is 0.333 e. The number of carbonyl (C=O) groups is 1. The third-order valence-electron chi connectivity index (χ3n) is 1.20. The van der Waals surface area contributed by atoms with E-state index in [0.29, 0.717) is 5.75 Å². The van der Waals surface area contributed by atoms with Gasteiger partial charge >= 0.3 is 5.97 Å². The Hall–Kier alpha value is -0.220. The van der Waals surface area contributed by atoms with Crippen molar-refractivity contribution in [3.63, 3.8) is 0 Å². The average molecular weight is 178 g/mol. The standard InChI is InChI=1S/C7H14O3S/c1-2-3-4-11-5-6(8)7(9)10/h6,8H,2-5H2,1H3,(H,9,10). The zero-order valence-corrected chi connectivity index (χ0v) is 7.43. The Kier molecular flexibility index (Phi) is 6.36. The number of thioether (sulfide) groups is 1. The highest BCUT2D eigenvalue weighted by Crippen LogP contribution is 2.06. The molecule has 0 aliphatic rings. The summed E-state index contributed by atoms with van der Waals surface area (Å²) >= 11 is 1.48. The van der Waals surface area contributed by atoms with Crippen LogP contribution in [0.1, 0.15) is 19.8 Å². The van der Waals surface area contributed by atoms with Gasteiger partial charge in [0.05, 0.1) is 0 Å². The maximum atomic E-state index is 10.1. The van der Waals surface area contributed by atoms with Crippen molar-refractivity contribution in [2.24, 2.45) is 0 Å². The van der Waals surface area contributed by atoms with Crippen molar-refractivity contribution in [3.8, 4) is 0 Å². The van der Waals surface area contributed by atoms with Crippen molar-refractivity contribution < 1.29 is 15.0 Å². The van der Waals surface area contributed by atoms with Crippen molar-refractivity contribution in [1.82, 2.24) is 0 Å². The van der Waals surface area contributed by atoms with Crippen molar-refractivity contribution in [3.05, 3.63) is 0 Å². The zero-order chi connectivity index (χ0) is 8.69. The number of hydrogen-bond acceptors (Lipinski definition) is 3. The quantitative estimate of drug-likeness (QED) is 0.595. The number of unbranched alkanes of at least 4 members (excludes halogenated alkanes) is 1. The fraction of sp³-hybridized carbons (Fsp3) is 0.857. The summed E-state index contributed by atoms with van der Waals surface area (Å²) in [7, 11) is 0. The molecule has 0 saturated carbocycles. The SMILES string of the molecule is CCCCSCC(O)C(=O)O. The van der Waals surface area contributed by atoms with Crippen LogP contribution in [-0.2, 0) is 4.79 Å². The summed E-state index contributed by atoms with van der Waals surface area (Å²) in [4.78, 5) is 10.1. The molecule has 0 rings (SSSR count). The van der Waals surface area contributed by atoms with Gasteiger partial charge in [-0.3, -0.25) is 0 Å². The second kappa shape index (κ2) is 6.49. The van der Waals surface area contributed by atoms with E-state index >= 15 is 0 Å². The monoisotopic (exact) mass is 178 g/mol. The molecule has 4 heteroatoms. The predicted octanol–water partition coefficient (Wildman–Crippen LogP) is 0.965. The number of hydrogen-bond donors (Lipinski definition) is 2. The largest absolute Gasteiger partial charge is 0.479 e. The molecule has 0 fully saturated rings. The van der Waals surface area contributed by atoms with Crippen LogP contribution in [0.2, 0.25) is 0 Å². The van der Waals surface area contributed by atoms with Crippen LogP contribution in [0.5, 0.6) is 0 Å². The van der Waals surface area contributed by atoms with E-state index in [1.165, 1.54) is 11.8 Å². The Morgan fingerprint density at radius 2 is 2.27 bits per heavy atom. The topological polar surface area (TPSA) is 57.5 Å². The molecule has 0 aromatic rings. The van der Waals surface area contributed by atoms with Gasteiger partial charge in [-0.05, 0) is 12.2 Å². The fourth-order valence-corrected chi connectivity index (χ4v) is 1.54. The molecule has 1 atom stereocenters. The van der Waals surface area contributed by atoms with Gasteiger partial charge in [-0.1, -0.05) is 13.3 Å². The number of carboxylic acid groups (broad SMARTS) is 1. The van der Waals surface area contributed by atoms with Crippen molar-refractivity contribution in [2.75, 3.05) is 11.5 Å². The fourth-order valence-electron chi connectivity index (χ4n) is 0.513. The highest BCUT2D eigenvalue weighted by atomic mass is 32.2. The molecule has 0 bridgehead atoms. The molecule has 0 spiro atoms. The van der Waals surface area contributed by atoms with E-state index in [4.69, 9.17) is 10.2 Å². The van der Waals surface area contributed by atoms with Crippen LogP contribution in [0.25, 0.3) is 0 Å². The molecule has 0 aromatic heterocycles. The van der Waals surface area contributed by atoms with Gasteiger partial charge in [0.15, 0.2) is 6.10 Å². The maximum Gasteiger partial charge on any atom is 0.333 e. The molecule has 1 unspecified atom stereocenters. The van der Waals surface area contributed by atoms with Crippen LogP contribution in [0.15, 0.2) is 0 Å². The molecule has 66 valence electrons. The molecule has 0 aliphatic carbocycles. The lowest BCUT2D eigenvalue weighted by atomic mass is 10.4. The average Bonchev–Trinajstić information content (AvgIpc) is 1.97. The van der Waals surface area contributed by atoms with Crippen LogP contribution < -0.4 is 0 Å².